The monoisotopic (exact) mass is 467 g/mol. The Balaban J connectivity index is 1.88. The minimum Gasteiger partial charge on any atom is -0.479 e. The van der Waals surface area contributed by atoms with Gasteiger partial charge in [0, 0.05) is 16.6 Å². The van der Waals surface area contributed by atoms with Gasteiger partial charge in [-0.2, -0.15) is 0 Å². The number of carbonyl (C=O) groups is 1. The van der Waals surface area contributed by atoms with Crippen molar-refractivity contribution in [3.63, 3.8) is 0 Å². The van der Waals surface area contributed by atoms with Crippen molar-refractivity contribution >= 4 is 27.6 Å². The van der Waals surface area contributed by atoms with Crippen molar-refractivity contribution in [2.75, 3.05) is 0 Å². The molecular formula is C31H33NO3. The van der Waals surface area contributed by atoms with E-state index < -0.39 is 17.7 Å². The van der Waals surface area contributed by atoms with E-state index in [4.69, 9.17) is 9.72 Å². The Hall–Kier alpha value is -3.24. The second-order valence-electron chi connectivity index (χ2n) is 11.0. The molecule has 0 saturated carbocycles. The van der Waals surface area contributed by atoms with Gasteiger partial charge in [-0.15, -0.1) is 0 Å². The first-order valence-electron chi connectivity index (χ1n) is 12.4. The van der Waals surface area contributed by atoms with Crippen LogP contribution in [0.4, 0.5) is 0 Å². The number of fused-ring (bicyclic) bond motifs is 1. The number of ether oxygens (including phenoxy) is 1. The fourth-order valence-corrected chi connectivity index (χ4v) is 5.70. The van der Waals surface area contributed by atoms with Crippen molar-refractivity contribution in [2.45, 2.75) is 65.6 Å². The van der Waals surface area contributed by atoms with Crippen molar-refractivity contribution < 1.29 is 14.6 Å². The summed E-state index contributed by atoms with van der Waals surface area (Å²) in [7, 11) is 0. The highest BCUT2D eigenvalue weighted by Crippen LogP contribution is 2.47. The molecule has 0 amide bonds. The van der Waals surface area contributed by atoms with Gasteiger partial charge in [0.05, 0.1) is 11.1 Å². The van der Waals surface area contributed by atoms with Crippen molar-refractivity contribution in [3.8, 4) is 11.1 Å². The van der Waals surface area contributed by atoms with Gasteiger partial charge in [0.25, 0.3) is 0 Å². The Morgan fingerprint density at radius 2 is 1.74 bits per heavy atom. The lowest BCUT2D eigenvalue weighted by molar-refractivity contribution is -0.160. The number of nitrogens with zero attached hydrogens (tertiary/aromatic N) is 1. The molecule has 0 aliphatic heterocycles. The molecule has 4 nitrogen and oxygen atoms in total. The van der Waals surface area contributed by atoms with Crippen LogP contribution in [0.15, 0.2) is 54.6 Å². The maximum absolute atomic E-state index is 12.6. The smallest absolute Gasteiger partial charge is 0.337 e. The van der Waals surface area contributed by atoms with Crippen LogP contribution in [0.25, 0.3) is 32.8 Å². The molecule has 1 N–H and O–H groups in total. The number of carboxylic acids is 1. The van der Waals surface area contributed by atoms with E-state index in [9.17, 15) is 9.90 Å². The molecule has 1 aliphatic carbocycles. The van der Waals surface area contributed by atoms with Crippen molar-refractivity contribution in [2.24, 2.45) is 5.92 Å². The number of benzene rings is 3. The van der Waals surface area contributed by atoms with E-state index in [-0.39, 0.29) is 0 Å². The van der Waals surface area contributed by atoms with E-state index in [0.717, 1.165) is 28.5 Å². The summed E-state index contributed by atoms with van der Waals surface area (Å²) in [5.41, 5.74) is 6.24. The fraction of sp³-hybridized carbons (Fsp3) is 0.355. The quantitative estimate of drug-likeness (QED) is 0.328. The van der Waals surface area contributed by atoms with Gasteiger partial charge in [-0.1, -0.05) is 62.4 Å². The van der Waals surface area contributed by atoms with E-state index >= 15 is 0 Å². The number of hydrogen-bond acceptors (Lipinski definition) is 3. The number of aryl methyl sites for hydroxylation is 1. The maximum atomic E-state index is 12.6. The Bertz CT molecular complexity index is 1460. The predicted octanol–water partition coefficient (Wildman–Crippen LogP) is 7.60. The highest BCUT2D eigenvalue weighted by molar-refractivity contribution is 6.09. The van der Waals surface area contributed by atoms with Crippen LogP contribution in [0.1, 0.15) is 69.0 Å². The summed E-state index contributed by atoms with van der Waals surface area (Å²) in [4.78, 5) is 17.4. The molecule has 4 heteroatoms. The molecule has 0 fully saturated rings. The summed E-state index contributed by atoms with van der Waals surface area (Å²) in [6.07, 6.45) is -0.0877. The normalized spacial score (nSPS) is 16.4. The largest absolute Gasteiger partial charge is 0.479 e. The molecule has 1 aromatic heterocycles. The first-order chi connectivity index (χ1) is 16.6. The third-order valence-corrected chi connectivity index (χ3v) is 7.15. The van der Waals surface area contributed by atoms with Crippen LogP contribution in [-0.2, 0) is 16.0 Å². The van der Waals surface area contributed by atoms with E-state index in [1.54, 1.807) is 0 Å². The molecule has 0 saturated heterocycles. The number of carboxylic acid groups (broad SMARTS) is 1. The third kappa shape index (κ3) is 4.00. The molecule has 1 heterocycles. The van der Waals surface area contributed by atoms with E-state index in [1.807, 2.05) is 52.0 Å². The summed E-state index contributed by atoms with van der Waals surface area (Å²) >= 11 is 0. The highest BCUT2D eigenvalue weighted by Gasteiger charge is 2.34. The van der Waals surface area contributed by atoms with Crippen LogP contribution >= 0.6 is 0 Å². The van der Waals surface area contributed by atoms with Crippen LogP contribution in [0.5, 0.6) is 0 Å². The first-order valence-corrected chi connectivity index (χ1v) is 12.4. The van der Waals surface area contributed by atoms with Crippen LogP contribution in [0, 0.1) is 12.8 Å². The Kier molecular flexibility index (Phi) is 5.68. The second-order valence-corrected chi connectivity index (χ2v) is 11.0. The number of para-hydroxylation sites is 1. The number of pyridine rings is 1. The molecule has 2 atom stereocenters. The first kappa shape index (κ1) is 23.5. The molecule has 0 bridgehead atoms. The van der Waals surface area contributed by atoms with Crippen molar-refractivity contribution in [1.29, 1.82) is 0 Å². The number of aromatic nitrogens is 1. The molecule has 0 spiro atoms. The third-order valence-electron chi connectivity index (χ3n) is 7.15. The molecule has 2 unspecified atom stereocenters. The average molecular weight is 468 g/mol. The minimum atomic E-state index is -1.13. The zero-order chi connectivity index (χ0) is 25.1. The van der Waals surface area contributed by atoms with E-state index in [2.05, 4.69) is 44.2 Å². The molecule has 1 aliphatic rings. The van der Waals surface area contributed by atoms with Crippen LogP contribution < -0.4 is 0 Å². The van der Waals surface area contributed by atoms with E-state index in [1.165, 1.54) is 21.9 Å². The maximum Gasteiger partial charge on any atom is 0.337 e. The van der Waals surface area contributed by atoms with Gasteiger partial charge in [-0.05, 0) is 85.0 Å². The average Bonchev–Trinajstić information content (AvgIpc) is 3.17. The molecule has 3 aromatic carbocycles. The molecule has 5 rings (SSSR count). The van der Waals surface area contributed by atoms with Gasteiger partial charge < -0.3 is 9.84 Å². The molecule has 0 radical (unpaired) electrons. The van der Waals surface area contributed by atoms with Gasteiger partial charge in [-0.3, -0.25) is 4.98 Å². The molecular weight excluding hydrogens is 434 g/mol. The minimum absolute atomic E-state index is 0.496. The summed E-state index contributed by atoms with van der Waals surface area (Å²) < 4.78 is 6.16. The van der Waals surface area contributed by atoms with E-state index in [0.29, 0.717) is 23.1 Å². The summed E-state index contributed by atoms with van der Waals surface area (Å²) in [6, 6.07) is 19.0. The molecule has 35 heavy (non-hydrogen) atoms. The van der Waals surface area contributed by atoms with Gasteiger partial charge in [0.15, 0.2) is 6.10 Å². The summed E-state index contributed by atoms with van der Waals surface area (Å²) in [5, 5.41) is 13.7. The summed E-state index contributed by atoms with van der Waals surface area (Å²) in [5.74, 6) is 0.0371. The van der Waals surface area contributed by atoms with Crippen molar-refractivity contribution in [3.05, 3.63) is 77.0 Å². The molecule has 4 aromatic rings. The number of aliphatic carboxylic acids is 1. The van der Waals surface area contributed by atoms with Gasteiger partial charge in [-0.25, -0.2) is 4.79 Å². The zero-order valence-electron chi connectivity index (χ0n) is 21.3. The van der Waals surface area contributed by atoms with Gasteiger partial charge in [0.1, 0.15) is 0 Å². The molecule has 180 valence electrons. The van der Waals surface area contributed by atoms with Crippen LogP contribution in [0.3, 0.4) is 0 Å². The predicted molar refractivity (Wildman–Crippen MR) is 142 cm³/mol. The number of hydrogen-bond donors (Lipinski definition) is 1. The Morgan fingerprint density at radius 3 is 2.43 bits per heavy atom. The Labute approximate surface area is 207 Å². The lowest BCUT2D eigenvalue weighted by atomic mass is 9.85. The van der Waals surface area contributed by atoms with Crippen molar-refractivity contribution in [1.82, 2.24) is 4.98 Å². The lowest BCUT2D eigenvalue weighted by Crippen LogP contribution is -2.28. The summed E-state index contributed by atoms with van der Waals surface area (Å²) in [6.45, 7) is 12.1. The fourth-order valence-electron chi connectivity index (χ4n) is 5.70. The lowest BCUT2D eigenvalue weighted by Gasteiger charge is -2.28. The second kappa shape index (κ2) is 8.46. The van der Waals surface area contributed by atoms with Crippen LogP contribution in [0.2, 0.25) is 0 Å². The standard InChI is InChI=1S/C31H33NO3/c1-17(2)24-16-19-10-9-12-20-21(14-15-22(24)27(19)20)28-23-11-7-8-13-25(23)32-18(3)26(28)29(30(33)34)35-31(4,5)6/h7-15,17,24,29H,16H2,1-6H3,(H,33,34). The topological polar surface area (TPSA) is 59.4 Å². The van der Waals surface area contributed by atoms with Gasteiger partial charge >= 0.3 is 5.97 Å². The number of rotatable bonds is 5. The Morgan fingerprint density at radius 1 is 1.03 bits per heavy atom. The zero-order valence-corrected chi connectivity index (χ0v) is 21.3. The van der Waals surface area contributed by atoms with Crippen LogP contribution in [-0.4, -0.2) is 21.7 Å². The SMILES string of the molecule is Cc1nc2ccccc2c(-c2ccc3c4c(cccc24)CC3C(C)C)c1C(OC(C)(C)C)C(=O)O. The highest BCUT2D eigenvalue weighted by atomic mass is 16.5. The van der Waals surface area contributed by atoms with Gasteiger partial charge in [0.2, 0.25) is 0 Å².